The number of aromatic amines is 1. The molecule has 29 heavy (non-hydrogen) atoms. The van der Waals surface area contributed by atoms with Crippen LogP contribution >= 0.6 is 0 Å². The van der Waals surface area contributed by atoms with Crippen LogP contribution in [0.4, 0.5) is 0 Å². The number of ether oxygens (including phenoxy) is 2. The minimum Gasteiger partial charge on any atom is -0.461 e. The van der Waals surface area contributed by atoms with Crippen LogP contribution in [-0.4, -0.2) is 63.4 Å². The minimum atomic E-state index is -0.465. The number of amides is 1. The van der Waals surface area contributed by atoms with Gasteiger partial charge in [-0.2, -0.15) is 5.10 Å². The molecule has 0 bridgehead atoms. The van der Waals surface area contributed by atoms with E-state index in [0.717, 1.165) is 22.3 Å². The Labute approximate surface area is 167 Å². The molecular formula is C20H23N5O4. The highest BCUT2D eigenvalue weighted by molar-refractivity contribution is 5.97. The Bertz CT molecular complexity index is 1050. The number of carbonyl (C=O) groups is 2. The number of nitrogens with zero attached hydrogens (tertiary/aromatic N) is 4. The number of carbonyl (C=O) groups excluding carboxylic acids is 2. The van der Waals surface area contributed by atoms with Gasteiger partial charge in [0.1, 0.15) is 0 Å². The highest BCUT2D eigenvalue weighted by atomic mass is 16.5. The number of aromatic nitrogens is 4. The van der Waals surface area contributed by atoms with Gasteiger partial charge in [-0.1, -0.05) is 0 Å². The number of benzene rings is 1. The van der Waals surface area contributed by atoms with Crippen LogP contribution in [0.25, 0.3) is 11.0 Å². The smallest absolute Gasteiger partial charge is 0.359 e. The van der Waals surface area contributed by atoms with Gasteiger partial charge in [0.15, 0.2) is 5.69 Å². The number of rotatable bonds is 6. The van der Waals surface area contributed by atoms with Crippen LogP contribution in [0.15, 0.2) is 24.5 Å². The Kier molecular flexibility index (Phi) is 5.30. The predicted molar refractivity (Wildman–Crippen MR) is 105 cm³/mol. The van der Waals surface area contributed by atoms with Crippen molar-refractivity contribution in [2.45, 2.75) is 26.4 Å². The number of nitrogens with one attached hydrogen (secondary N) is 1. The fourth-order valence-electron chi connectivity index (χ4n) is 3.64. The molecule has 0 aliphatic carbocycles. The SMILES string of the molecule is CCOC(=O)c1nn(CCOC)c2c1CN(C(=O)c1ccc3nc[nH]c3c1)CC2. The van der Waals surface area contributed by atoms with Crippen molar-refractivity contribution in [2.75, 3.05) is 26.9 Å². The van der Waals surface area contributed by atoms with E-state index < -0.39 is 5.97 Å². The van der Waals surface area contributed by atoms with Crippen molar-refractivity contribution in [3.8, 4) is 0 Å². The van der Waals surface area contributed by atoms with E-state index in [4.69, 9.17) is 9.47 Å². The first kappa shape index (κ1) is 19.1. The van der Waals surface area contributed by atoms with E-state index in [1.807, 2.05) is 6.07 Å². The first-order chi connectivity index (χ1) is 14.1. The normalized spacial score (nSPS) is 13.5. The average molecular weight is 397 g/mol. The molecule has 152 valence electrons. The van der Waals surface area contributed by atoms with Crippen LogP contribution in [0.5, 0.6) is 0 Å². The number of hydrogen-bond donors (Lipinski definition) is 1. The molecule has 1 N–H and O–H groups in total. The first-order valence-electron chi connectivity index (χ1n) is 9.59. The Hall–Kier alpha value is -3.20. The third kappa shape index (κ3) is 3.61. The van der Waals surface area contributed by atoms with E-state index in [2.05, 4.69) is 15.1 Å². The lowest BCUT2D eigenvalue weighted by atomic mass is 10.0. The van der Waals surface area contributed by atoms with Gasteiger partial charge >= 0.3 is 5.97 Å². The van der Waals surface area contributed by atoms with Crippen LogP contribution < -0.4 is 0 Å². The van der Waals surface area contributed by atoms with E-state index in [9.17, 15) is 9.59 Å². The van der Waals surface area contributed by atoms with Gasteiger partial charge in [-0.3, -0.25) is 9.48 Å². The molecule has 1 aromatic carbocycles. The van der Waals surface area contributed by atoms with Crippen LogP contribution in [0.1, 0.15) is 39.0 Å². The molecule has 0 fully saturated rings. The predicted octanol–water partition coefficient (Wildman–Crippen LogP) is 1.78. The molecule has 3 heterocycles. The number of fused-ring (bicyclic) bond motifs is 2. The van der Waals surface area contributed by atoms with Gasteiger partial charge in [0.05, 0.1) is 43.7 Å². The third-order valence-electron chi connectivity index (χ3n) is 5.06. The zero-order chi connectivity index (χ0) is 20.4. The van der Waals surface area contributed by atoms with E-state index in [1.165, 1.54) is 0 Å². The van der Waals surface area contributed by atoms with Crippen molar-refractivity contribution in [1.29, 1.82) is 0 Å². The largest absolute Gasteiger partial charge is 0.461 e. The minimum absolute atomic E-state index is 0.0911. The molecule has 0 atom stereocenters. The van der Waals surface area contributed by atoms with Crippen molar-refractivity contribution < 1.29 is 19.1 Å². The fourth-order valence-corrected chi connectivity index (χ4v) is 3.64. The summed E-state index contributed by atoms with van der Waals surface area (Å²) in [5.41, 5.74) is 4.19. The lowest BCUT2D eigenvalue weighted by Crippen LogP contribution is -2.37. The molecule has 1 amide bonds. The summed E-state index contributed by atoms with van der Waals surface area (Å²) in [4.78, 5) is 34.5. The molecule has 9 heteroatoms. The second-order valence-electron chi connectivity index (χ2n) is 6.82. The van der Waals surface area contributed by atoms with Crippen molar-refractivity contribution in [2.24, 2.45) is 0 Å². The van der Waals surface area contributed by atoms with E-state index in [0.29, 0.717) is 38.2 Å². The summed E-state index contributed by atoms with van der Waals surface area (Å²) >= 11 is 0. The molecule has 0 saturated heterocycles. The molecule has 1 aliphatic rings. The van der Waals surface area contributed by atoms with Gasteiger partial charge < -0.3 is 19.4 Å². The summed E-state index contributed by atoms with van der Waals surface area (Å²) < 4.78 is 12.1. The number of H-pyrrole nitrogens is 1. The topological polar surface area (TPSA) is 102 Å². The third-order valence-corrected chi connectivity index (χ3v) is 5.06. The molecule has 4 rings (SSSR count). The maximum atomic E-state index is 13.1. The van der Waals surface area contributed by atoms with Crippen molar-refractivity contribution >= 4 is 22.9 Å². The van der Waals surface area contributed by atoms with Crippen LogP contribution in [0.3, 0.4) is 0 Å². The Morgan fingerprint density at radius 2 is 2.17 bits per heavy atom. The van der Waals surface area contributed by atoms with E-state index in [1.54, 1.807) is 42.1 Å². The summed E-state index contributed by atoms with van der Waals surface area (Å²) in [5.74, 6) is -0.556. The lowest BCUT2D eigenvalue weighted by molar-refractivity contribution is 0.0512. The van der Waals surface area contributed by atoms with Crippen molar-refractivity contribution in [1.82, 2.24) is 24.6 Å². The summed E-state index contributed by atoms with van der Waals surface area (Å²) in [5, 5.41) is 4.46. The number of imidazole rings is 1. The second-order valence-corrected chi connectivity index (χ2v) is 6.82. The zero-order valence-corrected chi connectivity index (χ0v) is 16.5. The highest BCUT2D eigenvalue weighted by Gasteiger charge is 2.31. The van der Waals surface area contributed by atoms with Gasteiger partial charge in [-0.15, -0.1) is 0 Å². The van der Waals surface area contributed by atoms with Gasteiger partial charge in [-0.25, -0.2) is 9.78 Å². The number of esters is 1. The Morgan fingerprint density at radius 3 is 2.97 bits per heavy atom. The Balaban J connectivity index is 1.62. The molecule has 1 aliphatic heterocycles. The zero-order valence-electron chi connectivity index (χ0n) is 16.5. The van der Waals surface area contributed by atoms with Crippen molar-refractivity contribution in [3.05, 3.63) is 47.0 Å². The summed E-state index contributed by atoms with van der Waals surface area (Å²) in [6, 6.07) is 5.39. The maximum Gasteiger partial charge on any atom is 0.359 e. The van der Waals surface area contributed by atoms with Crippen LogP contribution in [-0.2, 0) is 29.0 Å². The number of methoxy groups -OCH3 is 1. The van der Waals surface area contributed by atoms with Gasteiger partial charge in [0.2, 0.25) is 0 Å². The lowest BCUT2D eigenvalue weighted by Gasteiger charge is -2.28. The average Bonchev–Trinajstić information content (AvgIpc) is 3.35. The monoisotopic (exact) mass is 397 g/mol. The first-order valence-corrected chi connectivity index (χ1v) is 9.59. The second kappa shape index (κ2) is 8.04. The molecule has 9 nitrogen and oxygen atoms in total. The molecule has 0 spiro atoms. The standard InChI is InChI=1S/C20H23N5O4/c1-3-29-20(27)18-14-11-24(7-6-17(14)25(23-18)8-9-28-2)19(26)13-4-5-15-16(10-13)22-12-21-15/h4-5,10,12H,3,6-9,11H2,1-2H3,(H,21,22). The summed E-state index contributed by atoms with van der Waals surface area (Å²) in [6.45, 7) is 3.93. The molecule has 3 aromatic rings. The number of hydrogen-bond acceptors (Lipinski definition) is 6. The summed E-state index contributed by atoms with van der Waals surface area (Å²) in [7, 11) is 1.62. The van der Waals surface area contributed by atoms with Crippen LogP contribution in [0, 0.1) is 0 Å². The Morgan fingerprint density at radius 1 is 1.31 bits per heavy atom. The van der Waals surface area contributed by atoms with E-state index in [-0.39, 0.29) is 18.2 Å². The molecule has 2 aromatic heterocycles. The van der Waals surface area contributed by atoms with Gasteiger partial charge in [0, 0.05) is 36.9 Å². The van der Waals surface area contributed by atoms with E-state index >= 15 is 0 Å². The molecule has 0 saturated carbocycles. The molecular weight excluding hydrogens is 374 g/mol. The highest BCUT2D eigenvalue weighted by Crippen LogP contribution is 2.25. The van der Waals surface area contributed by atoms with Gasteiger partial charge in [-0.05, 0) is 25.1 Å². The van der Waals surface area contributed by atoms with Gasteiger partial charge in [0.25, 0.3) is 5.91 Å². The van der Waals surface area contributed by atoms with Crippen molar-refractivity contribution in [3.63, 3.8) is 0 Å². The maximum absolute atomic E-state index is 13.1. The fraction of sp³-hybridized carbons (Fsp3) is 0.400. The molecule has 0 unspecified atom stereocenters. The summed E-state index contributed by atoms with van der Waals surface area (Å²) in [6.07, 6.45) is 2.22. The molecule has 0 radical (unpaired) electrons. The quantitative estimate of drug-likeness (QED) is 0.636. The van der Waals surface area contributed by atoms with Crippen LogP contribution in [0.2, 0.25) is 0 Å².